The summed E-state index contributed by atoms with van der Waals surface area (Å²) >= 11 is 0. The van der Waals surface area contributed by atoms with Crippen LogP contribution in [0.1, 0.15) is 10.5 Å². The summed E-state index contributed by atoms with van der Waals surface area (Å²) in [5.41, 5.74) is 2.59. The van der Waals surface area contributed by atoms with Crippen molar-refractivity contribution in [2.45, 2.75) is 0 Å². The van der Waals surface area contributed by atoms with E-state index in [-0.39, 0.29) is 18.8 Å². The number of nitrogen functional groups attached to an aromatic ring is 1. The fourth-order valence-corrected chi connectivity index (χ4v) is 1.95. The van der Waals surface area contributed by atoms with Crippen molar-refractivity contribution >= 4 is 22.5 Å². The van der Waals surface area contributed by atoms with Gasteiger partial charge in [0, 0.05) is 5.39 Å². The zero-order valence-electron chi connectivity index (χ0n) is 11.1. The van der Waals surface area contributed by atoms with Crippen LogP contribution in [0.4, 0.5) is 5.82 Å². The van der Waals surface area contributed by atoms with Crippen molar-refractivity contribution in [1.82, 2.24) is 9.88 Å². The van der Waals surface area contributed by atoms with Gasteiger partial charge in [-0.2, -0.15) is 10.5 Å². The highest BCUT2D eigenvalue weighted by atomic mass is 16.2. The lowest BCUT2D eigenvalue weighted by molar-refractivity contribution is 0.0789. The molecule has 21 heavy (non-hydrogen) atoms. The van der Waals surface area contributed by atoms with E-state index in [1.54, 1.807) is 6.07 Å². The first kappa shape index (κ1) is 14.3. The average Bonchev–Trinajstić information content (AvgIpc) is 2.52. The third-order valence-electron chi connectivity index (χ3n) is 2.91. The smallest absolute Gasteiger partial charge is 0.274 e. The van der Waals surface area contributed by atoms with Gasteiger partial charge in [0.05, 0.1) is 12.1 Å². The van der Waals surface area contributed by atoms with Crippen molar-refractivity contribution in [3.05, 3.63) is 36.0 Å². The van der Waals surface area contributed by atoms with Crippen LogP contribution in [-0.2, 0) is 0 Å². The Balaban J connectivity index is 2.49. The van der Waals surface area contributed by atoms with E-state index in [2.05, 4.69) is 10.4 Å². The number of hydrogen-bond acceptors (Lipinski definition) is 6. The second-order valence-corrected chi connectivity index (χ2v) is 4.20. The number of hydrazine groups is 1. The van der Waals surface area contributed by atoms with Gasteiger partial charge in [0.25, 0.3) is 5.91 Å². The number of benzene rings is 1. The van der Waals surface area contributed by atoms with E-state index in [0.29, 0.717) is 5.82 Å². The molecule has 3 N–H and O–H groups in total. The number of nitrogens with two attached hydrogens (primary N) is 1. The Labute approximate surface area is 121 Å². The Morgan fingerprint density at radius 2 is 1.95 bits per heavy atom. The Hall–Kier alpha value is -3.16. The first-order valence-electron chi connectivity index (χ1n) is 6.11. The van der Waals surface area contributed by atoms with E-state index < -0.39 is 5.91 Å². The van der Waals surface area contributed by atoms with E-state index in [4.69, 9.17) is 16.4 Å². The molecule has 2 aromatic rings. The number of nitrogens with one attached hydrogen (secondary N) is 1. The molecule has 1 amide bonds. The monoisotopic (exact) mass is 280 g/mol. The van der Waals surface area contributed by atoms with Gasteiger partial charge in [-0.25, -0.2) is 10.8 Å². The number of pyridine rings is 1. The van der Waals surface area contributed by atoms with Gasteiger partial charge in [-0.3, -0.25) is 4.79 Å². The predicted molar refractivity (Wildman–Crippen MR) is 76.7 cm³/mol. The second kappa shape index (κ2) is 6.33. The van der Waals surface area contributed by atoms with Crippen LogP contribution in [0, 0.1) is 22.7 Å². The molecule has 0 aliphatic rings. The zero-order chi connectivity index (χ0) is 15.2. The molecule has 104 valence electrons. The Morgan fingerprint density at radius 1 is 1.29 bits per heavy atom. The van der Waals surface area contributed by atoms with Crippen molar-refractivity contribution in [3.63, 3.8) is 0 Å². The van der Waals surface area contributed by atoms with Crippen LogP contribution < -0.4 is 11.3 Å². The molecule has 0 unspecified atom stereocenters. The number of anilines is 1. The highest BCUT2D eigenvalue weighted by Crippen LogP contribution is 2.22. The van der Waals surface area contributed by atoms with Crippen LogP contribution in [0.25, 0.3) is 10.8 Å². The number of amides is 1. The average molecular weight is 280 g/mol. The van der Waals surface area contributed by atoms with Crippen molar-refractivity contribution in [2.75, 3.05) is 18.5 Å². The van der Waals surface area contributed by atoms with E-state index in [1.165, 1.54) is 0 Å². The van der Waals surface area contributed by atoms with Gasteiger partial charge >= 0.3 is 0 Å². The largest absolute Gasteiger partial charge is 0.311 e. The van der Waals surface area contributed by atoms with Crippen LogP contribution in [0.15, 0.2) is 30.3 Å². The fourth-order valence-electron chi connectivity index (χ4n) is 1.95. The third kappa shape index (κ3) is 2.89. The molecule has 0 aliphatic heterocycles. The Morgan fingerprint density at radius 3 is 2.57 bits per heavy atom. The van der Waals surface area contributed by atoms with E-state index in [9.17, 15) is 4.79 Å². The zero-order valence-corrected chi connectivity index (χ0v) is 11.1. The minimum atomic E-state index is -0.486. The number of fused-ring (bicyclic) bond motifs is 1. The lowest BCUT2D eigenvalue weighted by atomic mass is 10.1. The molecule has 1 aromatic carbocycles. The number of hydrogen-bond donors (Lipinski definition) is 2. The molecule has 0 saturated heterocycles. The molecular formula is C14H12N6O. The van der Waals surface area contributed by atoms with Crippen LogP contribution in [-0.4, -0.2) is 28.9 Å². The highest BCUT2D eigenvalue weighted by Gasteiger charge is 2.18. The summed E-state index contributed by atoms with van der Waals surface area (Å²) in [4.78, 5) is 17.6. The maximum Gasteiger partial charge on any atom is 0.274 e. The standard InChI is InChI=1S/C14H12N6O/c15-5-7-20(8-6-16)14(21)12-9-10-3-1-2-4-11(10)13(18-12)19-17/h1-4,9H,7-8,17H2,(H,18,19). The number of aromatic nitrogens is 1. The number of rotatable bonds is 4. The summed E-state index contributed by atoms with van der Waals surface area (Å²) in [5.74, 6) is 5.32. The molecule has 0 fully saturated rings. The molecule has 2 rings (SSSR count). The Bertz CT molecular complexity index is 742. The first-order valence-corrected chi connectivity index (χ1v) is 6.11. The van der Waals surface area contributed by atoms with Gasteiger partial charge in [0.1, 0.15) is 24.6 Å². The molecule has 0 aliphatic carbocycles. The first-order chi connectivity index (χ1) is 10.2. The van der Waals surface area contributed by atoms with E-state index in [1.807, 2.05) is 36.4 Å². The van der Waals surface area contributed by atoms with Crippen molar-refractivity contribution in [3.8, 4) is 12.1 Å². The summed E-state index contributed by atoms with van der Waals surface area (Å²) < 4.78 is 0. The lowest BCUT2D eigenvalue weighted by Crippen LogP contribution is -2.32. The quantitative estimate of drug-likeness (QED) is 0.490. The van der Waals surface area contributed by atoms with Gasteiger partial charge in [0.2, 0.25) is 0 Å². The summed E-state index contributed by atoms with van der Waals surface area (Å²) in [6.07, 6.45) is 0. The van der Waals surface area contributed by atoms with Gasteiger partial charge in [0.15, 0.2) is 0 Å². The summed E-state index contributed by atoms with van der Waals surface area (Å²) in [6.45, 7) is -0.349. The number of carbonyl (C=O) groups excluding carboxylic acids is 1. The van der Waals surface area contributed by atoms with Crippen LogP contribution >= 0.6 is 0 Å². The highest BCUT2D eigenvalue weighted by molar-refractivity contribution is 6.00. The maximum atomic E-state index is 12.3. The van der Waals surface area contributed by atoms with Gasteiger partial charge < -0.3 is 10.3 Å². The van der Waals surface area contributed by atoms with E-state index in [0.717, 1.165) is 15.7 Å². The number of nitrogens with zero attached hydrogens (tertiary/aromatic N) is 4. The maximum absolute atomic E-state index is 12.3. The molecule has 0 radical (unpaired) electrons. The van der Waals surface area contributed by atoms with Crippen LogP contribution in [0.2, 0.25) is 0 Å². The fraction of sp³-hybridized carbons (Fsp3) is 0.143. The van der Waals surface area contributed by atoms with Crippen molar-refractivity contribution < 1.29 is 4.79 Å². The van der Waals surface area contributed by atoms with Gasteiger partial charge in [-0.05, 0) is 11.5 Å². The molecule has 7 nitrogen and oxygen atoms in total. The molecule has 7 heteroatoms. The molecule has 0 spiro atoms. The van der Waals surface area contributed by atoms with E-state index >= 15 is 0 Å². The lowest BCUT2D eigenvalue weighted by Gasteiger charge is -2.16. The third-order valence-corrected chi connectivity index (χ3v) is 2.91. The van der Waals surface area contributed by atoms with Gasteiger partial charge in [-0.1, -0.05) is 24.3 Å². The summed E-state index contributed by atoms with van der Waals surface area (Å²) in [5, 5.41) is 19.0. The van der Waals surface area contributed by atoms with Crippen molar-refractivity contribution in [2.24, 2.45) is 5.84 Å². The minimum absolute atomic E-state index is 0.132. The Kier molecular flexibility index (Phi) is 4.30. The van der Waals surface area contributed by atoms with Crippen molar-refractivity contribution in [1.29, 1.82) is 10.5 Å². The molecule has 0 atom stereocenters. The molecule has 0 bridgehead atoms. The van der Waals surface area contributed by atoms with Gasteiger partial charge in [-0.15, -0.1) is 0 Å². The molecule has 0 saturated carbocycles. The van der Waals surface area contributed by atoms with Crippen LogP contribution in [0.3, 0.4) is 0 Å². The summed E-state index contributed by atoms with van der Waals surface area (Å²) in [6, 6.07) is 12.6. The molecular weight excluding hydrogens is 268 g/mol. The predicted octanol–water partition coefficient (Wildman–Crippen LogP) is 1.01. The number of nitriles is 2. The topological polar surface area (TPSA) is 119 Å². The van der Waals surface area contributed by atoms with Crippen LogP contribution in [0.5, 0.6) is 0 Å². The second-order valence-electron chi connectivity index (χ2n) is 4.20. The SMILES string of the molecule is N#CCN(CC#N)C(=O)c1cc2ccccc2c(NN)n1. The normalized spacial score (nSPS) is 9.67. The number of carbonyl (C=O) groups is 1. The summed E-state index contributed by atoms with van der Waals surface area (Å²) in [7, 11) is 0. The minimum Gasteiger partial charge on any atom is -0.311 e. The molecule has 1 aromatic heterocycles. The molecule has 1 heterocycles.